The Morgan fingerprint density at radius 3 is 1.64 bits per heavy atom. The van der Waals surface area contributed by atoms with Gasteiger partial charge in [-0.2, -0.15) is 0 Å². The van der Waals surface area contributed by atoms with Crippen LogP contribution in [0.3, 0.4) is 0 Å². The molecule has 50 heavy (non-hydrogen) atoms. The molecule has 0 N–H and O–H groups in total. The van der Waals surface area contributed by atoms with E-state index in [1.165, 1.54) is 10.4 Å². The van der Waals surface area contributed by atoms with Crippen LogP contribution in [0.5, 0.6) is 5.75 Å². The number of fused-ring (bicyclic) bond motifs is 1. The highest BCUT2D eigenvalue weighted by Crippen LogP contribution is 2.44. The van der Waals surface area contributed by atoms with Crippen molar-refractivity contribution in [1.82, 2.24) is 0 Å². The highest BCUT2D eigenvalue weighted by atomic mass is 28.4. The topological polar surface area (TPSA) is 27.7 Å². The fourth-order valence-corrected chi connectivity index (χ4v) is 17.9. The van der Waals surface area contributed by atoms with Crippen LogP contribution in [0.1, 0.15) is 95.6 Å². The predicted octanol–water partition coefficient (Wildman–Crippen LogP) is 9.79. The maximum Gasteiger partial charge on any atom is 0.495 e. The molecule has 4 aromatic rings. The smallest absolute Gasteiger partial charge is 0.495 e. The Morgan fingerprint density at radius 1 is 0.720 bits per heavy atom. The normalized spacial score (nSPS) is 16.3. The summed E-state index contributed by atoms with van der Waals surface area (Å²) < 4.78 is 37.1. The summed E-state index contributed by atoms with van der Waals surface area (Å²) in [6.07, 6.45) is 0. The average Bonchev–Trinajstić information content (AvgIpc) is 3.26. The van der Waals surface area contributed by atoms with Gasteiger partial charge in [0, 0.05) is 5.39 Å². The highest BCUT2D eigenvalue weighted by molar-refractivity contribution is 7.10. The van der Waals surface area contributed by atoms with E-state index < -0.39 is 34.7 Å². The van der Waals surface area contributed by atoms with Crippen molar-refractivity contribution in [3.63, 3.8) is 0 Å². The van der Waals surface area contributed by atoms with Crippen LogP contribution < -0.4 is 20.3 Å². The molecule has 0 saturated carbocycles. The van der Waals surface area contributed by atoms with Crippen molar-refractivity contribution in [2.45, 2.75) is 123 Å². The van der Waals surface area contributed by atoms with Crippen molar-refractivity contribution in [3.8, 4) is 17.2 Å². The van der Waals surface area contributed by atoms with Gasteiger partial charge in [0.05, 0.1) is 16.8 Å². The van der Waals surface area contributed by atoms with Crippen LogP contribution in [0.25, 0.3) is 10.8 Å². The summed E-state index contributed by atoms with van der Waals surface area (Å²) in [5, 5.41) is 3.77. The molecule has 0 spiro atoms. The first kappa shape index (κ1) is 38.1. The zero-order valence-corrected chi connectivity index (χ0v) is 34.5. The van der Waals surface area contributed by atoms with Gasteiger partial charge in [-0.15, -0.1) is 5.54 Å². The van der Waals surface area contributed by atoms with Crippen molar-refractivity contribution in [3.05, 3.63) is 96.3 Å². The molecular weight excluding hydrogens is 650 g/mol. The Hall–Kier alpha value is -3.15. The van der Waals surface area contributed by atoms with E-state index in [1.807, 2.05) is 52.0 Å². The first-order chi connectivity index (χ1) is 23.3. The molecule has 1 aliphatic rings. The van der Waals surface area contributed by atoms with Crippen LogP contribution in [-0.4, -0.2) is 34.7 Å². The largest absolute Gasteiger partial charge is 0.543 e. The van der Waals surface area contributed by atoms with Gasteiger partial charge in [-0.3, -0.25) is 0 Å². The van der Waals surface area contributed by atoms with E-state index in [4.69, 9.17) is 13.7 Å². The minimum atomic E-state index is -2.83. The zero-order valence-electron chi connectivity index (χ0n) is 32.5. The lowest BCUT2D eigenvalue weighted by molar-refractivity contribution is 0.00578. The van der Waals surface area contributed by atoms with Gasteiger partial charge in [-0.25, -0.2) is 4.39 Å². The molecule has 1 saturated heterocycles. The minimum absolute atomic E-state index is 0.210. The van der Waals surface area contributed by atoms with Crippen LogP contribution in [0, 0.1) is 17.3 Å². The Morgan fingerprint density at radius 2 is 1.20 bits per heavy atom. The molecule has 0 atom stereocenters. The molecule has 5 rings (SSSR count). The van der Waals surface area contributed by atoms with Gasteiger partial charge in [0.1, 0.15) is 11.6 Å². The summed E-state index contributed by atoms with van der Waals surface area (Å²) in [6, 6.07) is 28.7. The zero-order chi connectivity index (χ0) is 36.9. The van der Waals surface area contributed by atoms with E-state index in [9.17, 15) is 0 Å². The van der Waals surface area contributed by atoms with Gasteiger partial charge in [0.15, 0.2) is 0 Å². The van der Waals surface area contributed by atoms with Crippen molar-refractivity contribution < 1.29 is 18.1 Å². The molecule has 0 aliphatic carbocycles. The number of hydrogen-bond donors (Lipinski definition) is 0. The van der Waals surface area contributed by atoms with Crippen LogP contribution in [0.2, 0.25) is 21.7 Å². The van der Waals surface area contributed by atoms with E-state index in [-0.39, 0.29) is 10.9 Å². The lowest BCUT2D eigenvalue weighted by Crippen LogP contribution is -2.63. The molecule has 0 bridgehead atoms. The molecule has 7 heteroatoms. The van der Waals surface area contributed by atoms with Crippen molar-refractivity contribution in [2.24, 2.45) is 0 Å². The summed E-state index contributed by atoms with van der Waals surface area (Å²) in [4.78, 5) is 0. The third-order valence-corrected chi connectivity index (χ3v) is 22.6. The minimum Gasteiger partial charge on any atom is -0.543 e. The monoisotopic (exact) mass is 706 g/mol. The standard InChI is InChI=1S/C43H56BFO3Si2/c1-30(2)50(31(3)4,32(5)6)46-34-28-33-24-25-39(45)37(40(33)38(29-34)44-47-42(10,11)43(12,13)48-44)26-27-49(41(7,8)9,35-20-16-14-17-21-35)36-22-18-15-19-23-36/h14-25,28-32H,1-13H3. The molecule has 0 radical (unpaired) electrons. The van der Waals surface area contributed by atoms with Crippen LogP contribution in [0.4, 0.5) is 4.39 Å². The summed E-state index contributed by atoms with van der Waals surface area (Å²) in [6.45, 7) is 28.7. The second-order valence-electron chi connectivity index (χ2n) is 17.0. The molecule has 264 valence electrons. The average molecular weight is 707 g/mol. The van der Waals surface area contributed by atoms with E-state index in [1.54, 1.807) is 6.07 Å². The van der Waals surface area contributed by atoms with Gasteiger partial charge >= 0.3 is 7.12 Å². The van der Waals surface area contributed by atoms with Crippen LogP contribution in [0.15, 0.2) is 84.9 Å². The first-order valence-corrected chi connectivity index (χ1v) is 22.4. The second-order valence-corrected chi connectivity index (χ2v) is 26.8. The highest BCUT2D eigenvalue weighted by Gasteiger charge is 2.53. The van der Waals surface area contributed by atoms with Gasteiger partial charge in [0.25, 0.3) is 8.32 Å². The Balaban J connectivity index is 1.84. The molecule has 0 unspecified atom stereocenters. The maximum atomic E-state index is 16.5. The lowest BCUT2D eigenvalue weighted by atomic mass is 9.75. The quantitative estimate of drug-likeness (QED) is 0.135. The summed E-state index contributed by atoms with van der Waals surface area (Å²) in [5.74, 6) is 3.94. The molecule has 1 aliphatic heterocycles. The molecule has 1 heterocycles. The third-order valence-electron chi connectivity index (χ3n) is 11.5. The molecule has 4 aromatic carbocycles. The Bertz CT molecular complexity index is 1810. The fraction of sp³-hybridized carbons (Fsp3) is 0.442. The van der Waals surface area contributed by atoms with Crippen molar-refractivity contribution in [2.75, 3.05) is 0 Å². The summed E-state index contributed by atoms with van der Waals surface area (Å²) in [5.41, 5.74) is 4.97. The van der Waals surface area contributed by atoms with Gasteiger partial charge < -0.3 is 13.7 Å². The molecule has 0 aromatic heterocycles. The predicted molar refractivity (Wildman–Crippen MR) is 216 cm³/mol. The van der Waals surface area contributed by atoms with Crippen LogP contribution in [-0.2, 0) is 9.31 Å². The maximum absolute atomic E-state index is 16.5. The van der Waals surface area contributed by atoms with E-state index in [0.717, 1.165) is 16.6 Å². The molecular formula is C43H56BFO3Si2. The van der Waals surface area contributed by atoms with E-state index in [2.05, 4.69) is 128 Å². The molecule has 1 fully saturated rings. The molecule has 3 nitrogen and oxygen atoms in total. The van der Waals surface area contributed by atoms with Crippen molar-refractivity contribution in [1.29, 1.82) is 0 Å². The van der Waals surface area contributed by atoms with Gasteiger partial charge in [-0.1, -0.05) is 135 Å². The van der Waals surface area contributed by atoms with E-state index in [0.29, 0.717) is 27.6 Å². The summed E-state index contributed by atoms with van der Waals surface area (Å²) in [7, 11) is -5.87. The third kappa shape index (κ3) is 6.54. The number of hydrogen-bond acceptors (Lipinski definition) is 3. The number of halogens is 1. The fourth-order valence-electron chi connectivity index (χ4n) is 8.24. The lowest BCUT2D eigenvalue weighted by Gasteiger charge is -2.42. The summed E-state index contributed by atoms with van der Waals surface area (Å²) >= 11 is 0. The molecule has 0 amide bonds. The SMILES string of the molecule is CC(C)[Si](Oc1cc(B2OC(C)(C)C(C)(C)O2)c2c(C#C[Si](c3ccccc3)(c3ccccc3)C(C)(C)C)c(F)ccc2c1)(C(C)C)C(C)C. The van der Waals surface area contributed by atoms with Crippen molar-refractivity contribution >= 4 is 50.1 Å². The second kappa shape index (κ2) is 13.8. The number of rotatable bonds is 8. The van der Waals surface area contributed by atoms with Gasteiger partial charge in [-0.05, 0) is 88.8 Å². The van der Waals surface area contributed by atoms with Gasteiger partial charge in [0.2, 0.25) is 8.07 Å². The van der Waals surface area contributed by atoms with E-state index >= 15 is 4.39 Å². The van der Waals surface area contributed by atoms with Crippen LogP contribution >= 0.6 is 0 Å². The first-order valence-electron chi connectivity index (χ1n) is 18.2. The Kier molecular flexibility index (Phi) is 10.5. The number of benzene rings is 4. The Labute approximate surface area is 303 Å².